The second kappa shape index (κ2) is 7.83. The summed E-state index contributed by atoms with van der Waals surface area (Å²) in [6.07, 6.45) is 2.93. The normalized spacial score (nSPS) is 15.9. The van der Waals surface area contributed by atoms with E-state index in [-0.39, 0.29) is 5.57 Å². The van der Waals surface area contributed by atoms with Crippen molar-refractivity contribution in [3.63, 3.8) is 0 Å². The molecule has 7 nitrogen and oxygen atoms in total. The molecule has 0 aromatic heterocycles. The Morgan fingerprint density at radius 2 is 1.92 bits per heavy atom. The van der Waals surface area contributed by atoms with Crippen molar-refractivity contribution in [3.05, 3.63) is 41.6 Å². The molecule has 0 atom stereocenters. The minimum Gasteiger partial charge on any atom is -0.462 e. The number of anilines is 1. The Kier molecular flexibility index (Phi) is 5.80. The first-order chi connectivity index (χ1) is 11.8. The Morgan fingerprint density at radius 3 is 2.56 bits per heavy atom. The van der Waals surface area contributed by atoms with Crippen LogP contribution in [-0.2, 0) is 23.8 Å². The topological polar surface area (TPSA) is 90.9 Å². The third-order valence-electron chi connectivity index (χ3n) is 3.33. The van der Waals surface area contributed by atoms with Gasteiger partial charge in [0.2, 0.25) is 0 Å². The van der Waals surface area contributed by atoms with Crippen molar-refractivity contribution in [1.82, 2.24) is 0 Å². The van der Waals surface area contributed by atoms with E-state index in [2.05, 4.69) is 5.32 Å². The third kappa shape index (κ3) is 5.07. The fourth-order valence-corrected chi connectivity index (χ4v) is 2.06. The fourth-order valence-electron chi connectivity index (χ4n) is 2.06. The van der Waals surface area contributed by atoms with Gasteiger partial charge in [0.05, 0.1) is 12.2 Å². The first-order valence-corrected chi connectivity index (χ1v) is 8.03. The average Bonchev–Trinajstić information content (AvgIpc) is 2.53. The highest BCUT2D eigenvalue weighted by molar-refractivity contribution is 6.15. The number of rotatable bonds is 6. The number of nitrogens with one attached hydrogen (secondary N) is 1. The van der Waals surface area contributed by atoms with E-state index >= 15 is 0 Å². The molecule has 0 amide bonds. The minimum absolute atomic E-state index is 0.254. The second-order valence-electron chi connectivity index (χ2n) is 5.95. The van der Waals surface area contributed by atoms with Crippen LogP contribution in [0.2, 0.25) is 0 Å². The number of hydrogen-bond donors (Lipinski definition) is 1. The Hall–Kier alpha value is -2.83. The van der Waals surface area contributed by atoms with Crippen molar-refractivity contribution in [2.24, 2.45) is 0 Å². The van der Waals surface area contributed by atoms with Gasteiger partial charge in [-0.05, 0) is 24.6 Å². The molecule has 1 aliphatic rings. The summed E-state index contributed by atoms with van der Waals surface area (Å²) >= 11 is 0. The molecule has 1 aliphatic heterocycles. The van der Waals surface area contributed by atoms with Gasteiger partial charge in [-0.25, -0.2) is 14.4 Å². The quantitative estimate of drug-likeness (QED) is 0.366. The lowest BCUT2D eigenvalue weighted by molar-refractivity contribution is -0.222. The SMILES string of the molecule is CCCCOC(=O)c1cccc(NC=C2C(=O)OC(C)(C)OC2=O)c1. The monoisotopic (exact) mass is 347 g/mol. The zero-order chi connectivity index (χ0) is 18.4. The lowest BCUT2D eigenvalue weighted by Gasteiger charge is -2.29. The van der Waals surface area contributed by atoms with Crippen LogP contribution in [0, 0.1) is 0 Å². The van der Waals surface area contributed by atoms with Crippen LogP contribution in [0.15, 0.2) is 36.0 Å². The number of unbranched alkanes of at least 4 members (excludes halogenated alkanes) is 1. The number of hydrogen-bond acceptors (Lipinski definition) is 7. The molecule has 1 fully saturated rings. The molecule has 0 spiro atoms. The molecule has 0 bridgehead atoms. The van der Waals surface area contributed by atoms with Crippen LogP contribution in [0.4, 0.5) is 5.69 Å². The molecule has 1 aromatic rings. The van der Waals surface area contributed by atoms with E-state index in [0.717, 1.165) is 12.8 Å². The van der Waals surface area contributed by atoms with Gasteiger partial charge in [0.15, 0.2) is 5.57 Å². The summed E-state index contributed by atoms with van der Waals surface area (Å²) in [4.78, 5) is 35.7. The summed E-state index contributed by atoms with van der Waals surface area (Å²) in [6.45, 7) is 5.32. The van der Waals surface area contributed by atoms with Crippen molar-refractivity contribution in [2.45, 2.75) is 39.4 Å². The molecule has 0 aliphatic carbocycles. The van der Waals surface area contributed by atoms with Gasteiger partial charge in [-0.2, -0.15) is 0 Å². The minimum atomic E-state index is -1.28. The predicted molar refractivity (Wildman–Crippen MR) is 89.6 cm³/mol. The van der Waals surface area contributed by atoms with Gasteiger partial charge in [0.25, 0.3) is 5.79 Å². The Morgan fingerprint density at radius 1 is 1.24 bits per heavy atom. The molecule has 2 rings (SSSR count). The van der Waals surface area contributed by atoms with E-state index in [1.165, 1.54) is 20.0 Å². The maximum absolute atomic E-state index is 11.9. The Bertz CT molecular complexity index is 685. The zero-order valence-corrected chi connectivity index (χ0v) is 14.5. The number of ether oxygens (including phenoxy) is 3. The van der Waals surface area contributed by atoms with Gasteiger partial charge < -0.3 is 19.5 Å². The highest BCUT2D eigenvalue weighted by atomic mass is 16.7. The van der Waals surface area contributed by atoms with Gasteiger partial charge in [-0.1, -0.05) is 19.4 Å². The molecule has 0 unspecified atom stereocenters. The van der Waals surface area contributed by atoms with Gasteiger partial charge in [-0.3, -0.25) is 0 Å². The van der Waals surface area contributed by atoms with Gasteiger partial charge in [-0.15, -0.1) is 0 Å². The average molecular weight is 347 g/mol. The summed E-state index contributed by atoms with van der Waals surface area (Å²) in [6, 6.07) is 6.54. The van der Waals surface area contributed by atoms with Crippen LogP contribution >= 0.6 is 0 Å². The second-order valence-corrected chi connectivity index (χ2v) is 5.95. The van der Waals surface area contributed by atoms with Crippen LogP contribution in [0.5, 0.6) is 0 Å². The molecule has 25 heavy (non-hydrogen) atoms. The maximum Gasteiger partial charge on any atom is 0.350 e. The number of esters is 3. The summed E-state index contributed by atoms with van der Waals surface area (Å²) in [5, 5.41) is 2.79. The molecule has 0 radical (unpaired) electrons. The largest absolute Gasteiger partial charge is 0.462 e. The molecular formula is C18H21NO6. The molecule has 1 N–H and O–H groups in total. The van der Waals surface area contributed by atoms with Gasteiger partial charge >= 0.3 is 17.9 Å². The van der Waals surface area contributed by atoms with E-state index < -0.39 is 23.7 Å². The molecule has 0 saturated carbocycles. The number of carbonyl (C=O) groups excluding carboxylic acids is 3. The first kappa shape index (κ1) is 18.5. The lowest BCUT2D eigenvalue weighted by Crippen LogP contribution is -2.42. The van der Waals surface area contributed by atoms with E-state index in [1.54, 1.807) is 24.3 Å². The molecule has 7 heteroatoms. The summed E-state index contributed by atoms with van der Waals surface area (Å²) < 4.78 is 15.1. The van der Waals surface area contributed by atoms with Gasteiger partial charge in [0.1, 0.15) is 0 Å². The van der Waals surface area contributed by atoms with Crippen LogP contribution in [-0.4, -0.2) is 30.3 Å². The van der Waals surface area contributed by atoms with Crippen molar-refractivity contribution in [3.8, 4) is 0 Å². The standard InChI is InChI=1S/C18H21NO6/c1-4-5-9-23-15(20)12-7-6-8-13(10-12)19-11-14-16(21)24-18(2,3)25-17(14)22/h6-8,10-11,19H,4-5,9H2,1-3H3. The van der Waals surface area contributed by atoms with E-state index in [0.29, 0.717) is 17.9 Å². The third-order valence-corrected chi connectivity index (χ3v) is 3.33. The lowest BCUT2D eigenvalue weighted by atomic mass is 10.2. The summed E-state index contributed by atoms with van der Waals surface area (Å²) in [7, 11) is 0. The first-order valence-electron chi connectivity index (χ1n) is 8.03. The maximum atomic E-state index is 11.9. The van der Waals surface area contributed by atoms with Crippen LogP contribution < -0.4 is 5.32 Å². The molecular weight excluding hydrogens is 326 g/mol. The number of benzene rings is 1. The van der Waals surface area contributed by atoms with Crippen molar-refractivity contribution >= 4 is 23.6 Å². The fraction of sp³-hybridized carbons (Fsp3) is 0.389. The summed E-state index contributed by atoms with van der Waals surface area (Å²) in [5.41, 5.74) is 0.632. The van der Waals surface area contributed by atoms with Crippen molar-refractivity contribution in [1.29, 1.82) is 0 Å². The van der Waals surface area contributed by atoms with E-state index in [9.17, 15) is 14.4 Å². The molecule has 134 valence electrons. The summed E-state index contributed by atoms with van der Waals surface area (Å²) in [5.74, 6) is -3.26. The van der Waals surface area contributed by atoms with Crippen molar-refractivity contribution < 1.29 is 28.6 Å². The highest BCUT2D eigenvalue weighted by Crippen LogP contribution is 2.22. The molecule has 1 aromatic carbocycles. The zero-order valence-electron chi connectivity index (χ0n) is 14.5. The smallest absolute Gasteiger partial charge is 0.350 e. The van der Waals surface area contributed by atoms with Crippen LogP contribution in [0.1, 0.15) is 44.0 Å². The highest BCUT2D eigenvalue weighted by Gasteiger charge is 2.38. The molecule has 1 saturated heterocycles. The number of cyclic esters (lactones) is 2. The van der Waals surface area contributed by atoms with Crippen molar-refractivity contribution in [2.75, 3.05) is 11.9 Å². The predicted octanol–water partition coefficient (Wildman–Crippen LogP) is 2.78. The molecule has 1 heterocycles. The Labute approximate surface area is 145 Å². The van der Waals surface area contributed by atoms with Crippen LogP contribution in [0.3, 0.4) is 0 Å². The van der Waals surface area contributed by atoms with E-state index in [1.807, 2.05) is 6.92 Å². The number of carbonyl (C=O) groups is 3. The van der Waals surface area contributed by atoms with E-state index in [4.69, 9.17) is 14.2 Å². The van der Waals surface area contributed by atoms with Crippen LogP contribution in [0.25, 0.3) is 0 Å². The van der Waals surface area contributed by atoms with Gasteiger partial charge in [0, 0.05) is 25.7 Å². The Balaban J connectivity index is 2.06.